The number of ketones is 1. The highest BCUT2D eigenvalue weighted by Gasteiger charge is 2.33. The number of benzene rings is 3. The number of esters is 1. The molecule has 210 valence electrons. The molecule has 1 aliphatic heterocycles. The lowest BCUT2D eigenvalue weighted by Gasteiger charge is -2.31. The van der Waals surface area contributed by atoms with Crippen LogP contribution in [0, 0.1) is 5.92 Å². The number of Topliss-reactive ketones (excluding diaryl/α,β-unsaturated/α-hetero) is 1. The molecule has 0 aliphatic carbocycles. The molecule has 0 saturated carbocycles. The Balaban J connectivity index is 1.40. The first-order chi connectivity index (χ1) is 19.3. The summed E-state index contributed by atoms with van der Waals surface area (Å²) in [7, 11) is 1.56. The topological polar surface area (TPSA) is 91.4 Å². The Morgan fingerprint density at radius 1 is 0.850 bits per heavy atom. The smallest absolute Gasteiger partial charge is 0.410 e. The molecule has 8 nitrogen and oxygen atoms in total. The molecular weight excluding hydrogens is 510 g/mol. The number of methoxy groups -OCH3 is 1. The number of hydrogen-bond donors (Lipinski definition) is 0. The Morgan fingerprint density at radius 3 is 2.08 bits per heavy atom. The zero-order chi connectivity index (χ0) is 28.5. The van der Waals surface area contributed by atoms with Gasteiger partial charge >= 0.3 is 12.1 Å². The van der Waals surface area contributed by atoms with Crippen LogP contribution in [0.2, 0.25) is 0 Å². The fourth-order valence-electron chi connectivity index (χ4n) is 4.49. The normalized spacial score (nSPS) is 14.3. The Bertz CT molecular complexity index is 1260. The summed E-state index contributed by atoms with van der Waals surface area (Å²) < 4.78 is 22.2. The molecule has 1 atom stereocenters. The fraction of sp³-hybridized carbons (Fsp3) is 0.344. The minimum Gasteiger partial charge on any atom is -0.497 e. The predicted octanol–water partition coefficient (Wildman–Crippen LogP) is 6.00. The van der Waals surface area contributed by atoms with E-state index in [0.717, 1.165) is 5.56 Å². The van der Waals surface area contributed by atoms with Gasteiger partial charge in [-0.2, -0.15) is 0 Å². The Labute approximate surface area is 234 Å². The quantitative estimate of drug-likeness (QED) is 0.228. The van der Waals surface area contributed by atoms with Crippen molar-refractivity contribution in [1.82, 2.24) is 4.90 Å². The number of ether oxygens (including phenoxy) is 4. The second-order valence-corrected chi connectivity index (χ2v) is 9.95. The Kier molecular flexibility index (Phi) is 9.78. The van der Waals surface area contributed by atoms with Crippen LogP contribution in [0.4, 0.5) is 4.79 Å². The molecule has 0 aromatic heterocycles. The third kappa shape index (κ3) is 7.62. The molecule has 0 N–H and O–H groups in total. The van der Waals surface area contributed by atoms with Crippen LogP contribution in [0.1, 0.15) is 54.3 Å². The summed E-state index contributed by atoms with van der Waals surface area (Å²) in [6, 6.07) is 23.2. The monoisotopic (exact) mass is 545 g/mol. The van der Waals surface area contributed by atoms with Crippen molar-refractivity contribution < 1.29 is 33.3 Å². The molecule has 0 radical (unpaired) electrons. The summed E-state index contributed by atoms with van der Waals surface area (Å²) in [4.78, 5) is 40.9. The van der Waals surface area contributed by atoms with E-state index in [9.17, 15) is 14.4 Å². The Hall–Kier alpha value is -4.33. The van der Waals surface area contributed by atoms with E-state index in [4.69, 9.17) is 18.9 Å². The predicted molar refractivity (Wildman–Crippen MR) is 149 cm³/mol. The van der Waals surface area contributed by atoms with Crippen LogP contribution < -0.4 is 9.47 Å². The van der Waals surface area contributed by atoms with Crippen molar-refractivity contribution in [3.63, 3.8) is 0 Å². The Morgan fingerprint density at radius 2 is 1.48 bits per heavy atom. The highest BCUT2D eigenvalue weighted by molar-refractivity contribution is 6.01. The lowest BCUT2D eigenvalue weighted by molar-refractivity contribution is -0.153. The molecule has 1 fully saturated rings. The van der Waals surface area contributed by atoms with Crippen molar-refractivity contribution in [3.05, 3.63) is 95.6 Å². The van der Waals surface area contributed by atoms with Crippen molar-refractivity contribution in [2.75, 3.05) is 20.2 Å². The summed E-state index contributed by atoms with van der Waals surface area (Å²) in [5.41, 5.74) is 1.86. The minimum atomic E-state index is -1.12. The number of likely N-dealkylation sites (tertiary alicyclic amines) is 1. The number of hydrogen-bond acceptors (Lipinski definition) is 7. The zero-order valence-corrected chi connectivity index (χ0v) is 23.1. The summed E-state index contributed by atoms with van der Waals surface area (Å²) in [6.07, 6.45) is -0.684. The molecular formula is C32H35NO7. The lowest BCUT2D eigenvalue weighted by atomic mass is 9.96. The first kappa shape index (κ1) is 28.7. The molecule has 1 heterocycles. The number of nitrogens with zero attached hydrogens (tertiary/aromatic N) is 1. The molecule has 3 aromatic rings. The molecule has 0 bridgehead atoms. The average Bonchev–Trinajstić information content (AvgIpc) is 2.99. The van der Waals surface area contributed by atoms with Gasteiger partial charge in [0.05, 0.1) is 19.1 Å². The van der Waals surface area contributed by atoms with Crippen LogP contribution in [0.5, 0.6) is 11.5 Å². The summed E-state index contributed by atoms with van der Waals surface area (Å²) in [5.74, 6) is 0.0397. The van der Waals surface area contributed by atoms with Gasteiger partial charge in [0.25, 0.3) is 0 Å². The first-order valence-corrected chi connectivity index (χ1v) is 13.4. The van der Waals surface area contributed by atoms with Gasteiger partial charge in [-0.25, -0.2) is 4.79 Å². The van der Waals surface area contributed by atoms with Gasteiger partial charge in [-0.3, -0.25) is 9.59 Å². The highest BCUT2D eigenvalue weighted by Crippen LogP contribution is 2.29. The van der Waals surface area contributed by atoms with Crippen LogP contribution in [-0.4, -0.2) is 49.0 Å². The van der Waals surface area contributed by atoms with Crippen molar-refractivity contribution in [1.29, 1.82) is 0 Å². The van der Waals surface area contributed by atoms with Gasteiger partial charge in [0.1, 0.15) is 18.1 Å². The summed E-state index contributed by atoms with van der Waals surface area (Å²) in [6.45, 7) is 4.78. The van der Waals surface area contributed by atoms with Crippen LogP contribution in [0.25, 0.3) is 0 Å². The number of rotatable bonds is 10. The molecule has 4 rings (SSSR count). The van der Waals surface area contributed by atoms with Gasteiger partial charge in [-0.05, 0) is 68.7 Å². The van der Waals surface area contributed by atoms with E-state index in [2.05, 4.69) is 0 Å². The van der Waals surface area contributed by atoms with Crippen LogP contribution in [-0.2, 0) is 20.9 Å². The fourth-order valence-corrected chi connectivity index (χ4v) is 4.49. The van der Waals surface area contributed by atoms with Gasteiger partial charge in [0.2, 0.25) is 5.78 Å². The van der Waals surface area contributed by atoms with E-state index < -0.39 is 24.1 Å². The van der Waals surface area contributed by atoms with E-state index in [1.165, 1.54) is 0 Å². The van der Waals surface area contributed by atoms with E-state index in [1.807, 2.05) is 44.2 Å². The van der Waals surface area contributed by atoms with E-state index >= 15 is 0 Å². The van der Waals surface area contributed by atoms with Gasteiger partial charge < -0.3 is 23.8 Å². The van der Waals surface area contributed by atoms with Gasteiger partial charge in [-0.1, -0.05) is 42.5 Å². The second kappa shape index (κ2) is 13.6. The first-order valence-electron chi connectivity index (χ1n) is 13.4. The maximum atomic E-state index is 13.6. The van der Waals surface area contributed by atoms with Crippen molar-refractivity contribution in [3.8, 4) is 11.5 Å². The molecule has 0 spiro atoms. The standard InChI is InChI=1S/C32H35NO7/c1-22(2)39-28-15-9-24(10-16-28)29(34)30(25-11-13-27(37-3)14-12-25)40-31(35)26-17-19-33(20-18-26)32(36)38-21-23-7-5-4-6-8-23/h4-16,22,26,30H,17-21H2,1-3H3. The summed E-state index contributed by atoms with van der Waals surface area (Å²) in [5, 5.41) is 0. The van der Waals surface area contributed by atoms with Gasteiger partial charge in [0, 0.05) is 24.2 Å². The summed E-state index contributed by atoms with van der Waals surface area (Å²) >= 11 is 0. The zero-order valence-electron chi connectivity index (χ0n) is 23.1. The van der Waals surface area contributed by atoms with Crippen molar-refractivity contribution in [2.24, 2.45) is 5.92 Å². The third-order valence-electron chi connectivity index (χ3n) is 6.69. The molecule has 8 heteroatoms. The molecule has 1 unspecified atom stereocenters. The van der Waals surface area contributed by atoms with Crippen LogP contribution >= 0.6 is 0 Å². The second-order valence-electron chi connectivity index (χ2n) is 9.95. The van der Waals surface area contributed by atoms with E-state index in [-0.39, 0.29) is 18.5 Å². The van der Waals surface area contributed by atoms with Crippen LogP contribution in [0.15, 0.2) is 78.9 Å². The van der Waals surface area contributed by atoms with E-state index in [1.54, 1.807) is 60.5 Å². The van der Waals surface area contributed by atoms with Crippen LogP contribution in [0.3, 0.4) is 0 Å². The largest absolute Gasteiger partial charge is 0.497 e. The third-order valence-corrected chi connectivity index (χ3v) is 6.69. The SMILES string of the molecule is COc1ccc(C(OC(=O)C2CCN(C(=O)OCc3ccccc3)CC2)C(=O)c2ccc(OC(C)C)cc2)cc1. The molecule has 40 heavy (non-hydrogen) atoms. The molecule has 3 aromatic carbocycles. The maximum Gasteiger partial charge on any atom is 0.410 e. The van der Waals surface area contributed by atoms with Gasteiger partial charge in [-0.15, -0.1) is 0 Å². The average molecular weight is 546 g/mol. The minimum absolute atomic E-state index is 0.00619. The van der Waals surface area contributed by atoms with E-state index in [0.29, 0.717) is 48.6 Å². The van der Waals surface area contributed by atoms with Gasteiger partial charge in [0.15, 0.2) is 6.10 Å². The number of carbonyl (C=O) groups is 3. The highest BCUT2D eigenvalue weighted by atomic mass is 16.6. The number of carbonyl (C=O) groups excluding carboxylic acids is 3. The maximum absolute atomic E-state index is 13.6. The van der Waals surface area contributed by atoms with Crippen molar-refractivity contribution in [2.45, 2.75) is 45.5 Å². The number of amides is 1. The molecule has 1 saturated heterocycles. The molecule has 1 aliphatic rings. The lowest BCUT2D eigenvalue weighted by Crippen LogP contribution is -2.41. The number of piperidine rings is 1. The molecule has 1 amide bonds. The van der Waals surface area contributed by atoms with Crippen molar-refractivity contribution >= 4 is 17.8 Å².